The highest BCUT2D eigenvalue weighted by atomic mass is 16.3. The lowest BCUT2D eigenvalue weighted by Gasteiger charge is -2.27. The van der Waals surface area contributed by atoms with E-state index in [4.69, 9.17) is 0 Å². The number of aromatic nitrogens is 3. The van der Waals surface area contributed by atoms with Crippen molar-refractivity contribution in [1.29, 1.82) is 0 Å². The van der Waals surface area contributed by atoms with E-state index >= 15 is 0 Å². The van der Waals surface area contributed by atoms with Crippen LogP contribution in [-0.4, -0.2) is 26.0 Å². The van der Waals surface area contributed by atoms with Crippen LogP contribution in [0.1, 0.15) is 51.4 Å². The first-order valence-electron chi connectivity index (χ1n) is 6.23. The van der Waals surface area contributed by atoms with Crippen molar-refractivity contribution in [2.75, 3.05) is 0 Å². The Balaban J connectivity index is 1.89. The van der Waals surface area contributed by atoms with Crippen LogP contribution in [0.25, 0.3) is 0 Å². The van der Waals surface area contributed by atoms with Gasteiger partial charge in [0.15, 0.2) is 0 Å². The Bertz CT molecular complexity index is 331. The second-order valence-electron chi connectivity index (χ2n) is 5.11. The zero-order chi connectivity index (χ0) is 11.5. The number of hydrogen-bond acceptors (Lipinski definition) is 3. The van der Waals surface area contributed by atoms with E-state index in [0.717, 1.165) is 18.2 Å². The molecule has 4 nitrogen and oxygen atoms in total. The molecule has 1 heterocycles. The van der Waals surface area contributed by atoms with Crippen molar-refractivity contribution in [2.24, 2.45) is 5.92 Å². The van der Waals surface area contributed by atoms with Gasteiger partial charge < -0.3 is 5.11 Å². The van der Waals surface area contributed by atoms with E-state index in [1.807, 2.05) is 4.68 Å². The molecular formula is C12H21N3O. The molecule has 0 bridgehead atoms. The minimum absolute atomic E-state index is 0.257. The molecule has 1 N–H and O–H groups in total. The quantitative estimate of drug-likeness (QED) is 0.830. The van der Waals surface area contributed by atoms with Gasteiger partial charge in [-0.2, -0.15) is 5.10 Å². The molecule has 1 fully saturated rings. The first-order chi connectivity index (χ1) is 7.66. The number of hydrogen-bond donors (Lipinski definition) is 1. The lowest BCUT2D eigenvalue weighted by Crippen LogP contribution is -2.23. The molecule has 2 rings (SSSR count). The van der Waals surface area contributed by atoms with Crippen LogP contribution in [0.5, 0.6) is 0 Å². The maximum absolute atomic E-state index is 9.98. The van der Waals surface area contributed by atoms with Gasteiger partial charge in [0.25, 0.3) is 0 Å². The molecule has 16 heavy (non-hydrogen) atoms. The highest BCUT2D eigenvalue weighted by molar-refractivity contribution is 4.90. The molecule has 0 amide bonds. The van der Waals surface area contributed by atoms with Gasteiger partial charge in [0.2, 0.25) is 0 Å². The summed E-state index contributed by atoms with van der Waals surface area (Å²) in [4.78, 5) is 4.22. The first kappa shape index (κ1) is 11.6. The molecule has 1 aliphatic carbocycles. The number of rotatable bonds is 5. The minimum Gasteiger partial charge on any atom is -0.393 e. The highest BCUT2D eigenvalue weighted by Gasteiger charge is 2.22. The molecule has 1 aromatic rings. The van der Waals surface area contributed by atoms with Crippen LogP contribution in [0.15, 0.2) is 6.33 Å². The van der Waals surface area contributed by atoms with Crippen molar-refractivity contribution in [2.45, 2.75) is 58.1 Å². The summed E-state index contributed by atoms with van der Waals surface area (Å²) in [5, 5.41) is 14.2. The Hall–Kier alpha value is -0.900. The normalized spacial score (nSPS) is 18.8. The van der Waals surface area contributed by atoms with Gasteiger partial charge >= 0.3 is 0 Å². The molecule has 1 saturated carbocycles. The monoisotopic (exact) mass is 223 g/mol. The molecule has 4 heteroatoms. The fourth-order valence-electron chi connectivity index (χ4n) is 2.26. The third-order valence-electron chi connectivity index (χ3n) is 3.38. The summed E-state index contributed by atoms with van der Waals surface area (Å²) < 4.78 is 1.89. The van der Waals surface area contributed by atoms with Gasteiger partial charge in [0.1, 0.15) is 12.2 Å². The van der Waals surface area contributed by atoms with Crippen LogP contribution in [-0.2, 0) is 6.42 Å². The maximum Gasteiger partial charge on any atom is 0.138 e. The fourth-order valence-corrected chi connectivity index (χ4v) is 2.26. The van der Waals surface area contributed by atoms with Gasteiger partial charge in [-0.15, -0.1) is 0 Å². The second kappa shape index (κ2) is 4.95. The Kier molecular flexibility index (Phi) is 3.59. The van der Waals surface area contributed by atoms with Gasteiger partial charge in [-0.1, -0.05) is 19.3 Å². The molecule has 90 valence electrons. The molecular weight excluding hydrogens is 202 g/mol. The Morgan fingerprint density at radius 3 is 2.81 bits per heavy atom. The lowest BCUT2D eigenvalue weighted by atomic mass is 9.81. The molecule has 0 aromatic carbocycles. The van der Waals surface area contributed by atoms with E-state index in [1.54, 1.807) is 6.33 Å². The summed E-state index contributed by atoms with van der Waals surface area (Å²) in [6.07, 6.45) is 6.78. The first-order valence-corrected chi connectivity index (χ1v) is 6.23. The molecule has 1 aliphatic rings. The van der Waals surface area contributed by atoms with Crippen molar-refractivity contribution in [3.63, 3.8) is 0 Å². The van der Waals surface area contributed by atoms with Gasteiger partial charge in [-0.3, -0.25) is 0 Å². The van der Waals surface area contributed by atoms with Crippen LogP contribution in [0.3, 0.4) is 0 Å². The Labute approximate surface area is 96.7 Å². The van der Waals surface area contributed by atoms with Gasteiger partial charge in [-0.25, -0.2) is 9.67 Å². The Morgan fingerprint density at radius 2 is 2.25 bits per heavy atom. The summed E-state index contributed by atoms with van der Waals surface area (Å²) in [5.74, 6) is 1.65. The standard InChI is InChI=1S/C12H21N3O/c1-9(2)15-12(13-8-14-15)7-11(16)6-10-4-3-5-10/h8-11,16H,3-7H2,1-2H3. The molecule has 0 saturated heterocycles. The predicted octanol–water partition coefficient (Wildman–Crippen LogP) is 1.95. The number of aliphatic hydroxyl groups excluding tert-OH is 1. The summed E-state index contributed by atoms with van der Waals surface area (Å²) >= 11 is 0. The largest absolute Gasteiger partial charge is 0.393 e. The van der Waals surface area contributed by atoms with Crippen LogP contribution in [0.2, 0.25) is 0 Å². The van der Waals surface area contributed by atoms with Gasteiger partial charge in [-0.05, 0) is 26.2 Å². The molecule has 0 spiro atoms. The third-order valence-corrected chi connectivity index (χ3v) is 3.38. The van der Waals surface area contributed by atoms with Crippen molar-refractivity contribution >= 4 is 0 Å². The van der Waals surface area contributed by atoms with E-state index in [0.29, 0.717) is 12.5 Å². The van der Waals surface area contributed by atoms with Crippen LogP contribution >= 0.6 is 0 Å². The molecule has 1 aromatic heterocycles. The van der Waals surface area contributed by atoms with Gasteiger partial charge in [0.05, 0.1) is 6.10 Å². The molecule has 1 unspecified atom stereocenters. The summed E-state index contributed by atoms with van der Waals surface area (Å²) in [6, 6.07) is 0.313. The van der Waals surface area contributed by atoms with E-state index < -0.39 is 0 Å². The Morgan fingerprint density at radius 1 is 1.50 bits per heavy atom. The third kappa shape index (κ3) is 2.61. The smallest absolute Gasteiger partial charge is 0.138 e. The summed E-state index contributed by atoms with van der Waals surface area (Å²) in [5.41, 5.74) is 0. The minimum atomic E-state index is -0.257. The average molecular weight is 223 g/mol. The van der Waals surface area contributed by atoms with E-state index in [9.17, 15) is 5.11 Å². The molecule has 0 aliphatic heterocycles. The van der Waals surface area contributed by atoms with E-state index in [2.05, 4.69) is 23.9 Å². The van der Waals surface area contributed by atoms with Crippen molar-refractivity contribution in [3.8, 4) is 0 Å². The lowest BCUT2D eigenvalue weighted by molar-refractivity contribution is 0.114. The number of aliphatic hydroxyl groups is 1. The fraction of sp³-hybridized carbons (Fsp3) is 0.833. The number of nitrogens with zero attached hydrogens (tertiary/aromatic N) is 3. The average Bonchev–Trinajstić information content (AvgIpc) is 2.59. The summed E-state index contributed by atoms with van der Waals surface area (Å²) in [7, 11) is 0. The molecule has 1 atom stereocenters. The molecule has 0 radical (unpaired) electrons. The topological polar surface area (TPSA) is 50.9 Å². The van der Waals surface area contributed by atoms with Crippen LogP contribution in [0.4, 0.5) is 0 Å². The van der Waals surface area contributed by atoms with Gasteiger partial charge in [0, 0.05) is 12.5 Å². The summed E-state index contributed by atoms with van der Waals surface area (Å²) in [6.45, 7) is 4.16. The van der Waals surface area contributed by atoms with Crippen molar-refractivity contribution < 1.29 is 5.11 Å². The highest BCUT2D eigenvalue weighted by Crippen LogP contribution is 2.30. The zero-order valence-corrected chi connectivity index (χ0v) is 10.1. The van der Waals surface area contributed by atoms with E-state index in [-0.39, 0.29) is 6.10 Å². The predicted molar refractivity (Wildman–Crippen MR) is 62.1 cm³/mol. The zero-order valence-electron chi connectivity index (χ0n) is 10.1. The van der Waals surface area contributed by atoms with E-state index in [1.165, 1.54) is 19.3 Å². The maximum atomic E-state index is 9.98. The van der Waals surface area contributed by atoms with Crippen molar-refractivity contribution in [1.82, 2.24) is 14.8 Å². The SMILES string of the molecule is CC(C)n1ncnc1CC(O)CC1CCC1. The van der Waals surface area contributed by atoms with Crippen molar-refractivity contribution in [3.05, 3.63) is 12.2 Å². The second-order valence-corrected chi connectivity index (χ2v) is 5.11. The van der Waals surface area contributed by atoms with Crippen LogP contribution in [0, 0.1) is 5.92 Å². The van der Waals surface area contributed by atoms with Crippen LogP contribution < -0.4 is 0 Å².